The van der Waals surface area contributed by atoms with Crippen LogP contribution in [0.3, 0.4) is 0 Å². The Labute approximate surface area is 130 Å². The summed E-state index contributed by atoms with van der Waals surface area (Å²) in [6.07, 6.45) is 1.19. The van der Waals surface area contributed by atoms with Gasteiger partial charge in [0.1, 0.15) is 0 Å². The first-order valence-corrected chi connectivity index (χ1v) is 7.22. The summed E-state index contributed by atoms with van der Waals surface area (Å²) in [6.45, 7) is 0. The third-order valence-corrected chi connectivity index (χ3v) is 3.37. The van der Waals surface area contributed by atoms with Gasteiger partial charge >= 0.3 is 0 Å². The molecule has 0 unspecified atom stereocenters. The van der Waals surface area contributed by atoms with E-state index in [1.807, 2.05) is 42.5 Å². The van der Waals surface area contributed by atoms with Crippen LogP contribution in [0.25, 0.3) is 0 Å². The van der Waals surface area contributed by atoms with Gasteiger partial charge in [0, 0.05) is 31.8 Å². The average molecular weight is 296 g/mol. The first kappa shape index (κ1) is 15.8. The smallest absolute Gasteiger partial charge is 0.255 e. The Hall–Kier alpha value is -2.62. The van der Waals surface area contributed by atoms with Gasteiger partial charge in [-0.15, -0.1) is 0 Å². The van der Waals surface area contributed by atoms with Crippen molar-refractivity contribution in [3.8, 4) is 0 Å². The molecule has 0 aliphatic carbocycles. The minimum absolute atomic E-state index is 0.112. The third-order valence-electron chi connectivity index (χ3n) is 3.37. The third kappa shape index (κ3) is 4.45. The van der Waals surface area contributed by atoms with Crippen LogP contribution in [0, 0.1) is 0 Å². The lowest BCUT2D eigenvalue weighted by Crippen LogP contribution is -2.21. The normalized spacial score (nSPS) is 10.1. The van der Waals surface area contributed by atoms with Crippen LogP contribution in [-0.2, 0) is 11.2 Å². The predicted molar refractivity (Wildman–Crippen MR) is 87.9 cm³/mol. The van der Waals surface area contributed by atoms with Crippen LogP contribution in [0.5, 0.6) is 0 Å². The number of nitrogens with one attached hydrogen (secondary N) is 1. The summed E-state index contributed by atoms with van der Waals surface area (Å²) in [4.78, 5) is 25.2. The minimum atomic E-state index is -0.129. The van der Waals surface area contributed by atoms with Crippen LogP contribution in [0.2, 0.25) is 0 Å². The van der Waals surface area contributed by atoms with E-state index in [2.05, 4.69) is 5.32 Å². The van der Waals surface area contributed by atoms with Crippen molar-refractivity contribution < 1.29 is 9.59 Å². The molecule has 0 fully saturated rings. The van der Waals surface area contributed by atoms with Crippen LogP contribution in [0.1, 0.15) is 22.3 Å². The number of hydrogen-bond donors (Lipinski definition) is 1. The number of anilines is 1. The number of benzene rings is 2. The molecule has 4 heteroatoms. The summed E-state index contributed by atoms with van der Waals surface area (Å²) in [5.41, 5.74) is 2.45. The summed E-state index contributed by atoms with van der Waals surface area (Å²) in [6, 6.07) is 16.7. The molecule has 22 heavy (non-hydrogen) atoms. The number of carbonyl (C=O) groups excluding carboxylic acids is 2. The standard InChI is InChI=1S/C18H20N2O2/c1-20(2)17(21)13-10-14-8-11-16(12-9-14)19-18(22)15-6-4-3-5-7-15/h3-9,11-12H,10,13H2,1-2H3,(H,19,22). The van der Waals surface area contributed by atoms with Crippen molar-refractivity contribution in [3.63, 3.8) is 0 Å². The van der Waals surface area contributed by atoms with E-state index >= 15 is 0 Å². The molecule has 0 saturated heterocycles. The van der Waals surface area contributed by atoms with Crippen molar-refractivity contribution >= 4 is 17.5 Å². The zero-order valence-electron chi connectivity index (χ0n) is 12.9. The molecule has 0 spiro atoms. The van der Waals surface area contributed by atoms with Gasteiger partial charge in [-0.25, -0.2) is 0 Å². The van der Waals surface area contributed by atoms with Crippen molar-refractivity contribution in [2.24, 2.45) is 0 Å². The largest absolute Gasteiger partial charge is 0.349 e. The fourth-order valence-electron chi connectivity index (χ4n) is 2.02. The molecule has 2 aromatic rings. The molecule has 1 N–H and O–H groups in total. The maximum Gasteiger partial charge on any atom is 0.255 e. The first-order valence-electron chi connectivity index (χ1n) is 7.22. The van der Waals surface area contributed by atoms with Crippen LogP contribution in [0.4, 0.5) is 5.69 Å². The zero-order chi connectivity index (χ0) is 15.9. The van der Waals surface area contributed by atoms with Crippen molar-refractivity contribution in [1.29, 1.82) is 0 Å². The van der Waals surface area contributed by atoms with E-state index in [9.17, 15) is 9.59 Å². The number of nitrogens with zero attached hydrogens (tertiary/aromatic N) is 1. The Morgan fingerprint density at radius 1 is 0.955 bits per heavy atom. The molecule has 0 atom stereocenters. The quantitative estimate of drug-likeness (QED) is 0.922. The SMILES string of the molecule is CN(C)C(=O)CCc1ccc(NC(=O)c2ccccc2)cc1. The van der Waals surface area contributed by atoms with E-state index in [0.29, 0.717) is 18.4 Å². The zero-order valence-corrected chi connectivity index (χ0v) is 12.9. The van der Waals surface area contributed by atoms with E-state index in [-0.39, 0.29) is 11.8 Å². The van der Waals surface area contributed by atoms with Gasteiger partial charge in [-0.05, 0) is 36.2 Å². The second-order valence-corrected chi connectivity index (χ2v) is 5.31. The molecule has 0 radical (unpaired) electrons. The van der Waals surface area contributed by atoms with Crippen LogP contribution >= 0.6 is 0 Å². The van der Waals surface area contributed by atoms with E-state index in [1.54, 1.807) is 31.1 Å². The Bertz CT molecular complexity index is 634. The van der Waals surface area contributed by atoms with Gasteiger partial charge < -0.3 is 10.2 Å². The number of aryl methyl sites for hydroxylation is 1. The maximum atomic E-state index is 12.0. The molecule has 2 amide bonds. The highest BCUT2D eigenvalue weighted by molar-refractivity contribution is 6.04. The maximum absolute atomic E-state index is 12.0. The monoisotopic (exact) mass is 296 g/mol. The van der Waals surface area contributed by atoms with E-state index < -0.39 is 0 Å². The molecule has 0 heterocycles. The van der Waals surface area contributed by atoms with Gasteiger partial charge in [-0.2, -0.15) is 0 Å². The number of rotatable bonds is 5. The first-order chi connectivity index (χ1) is 10.6. The number of carbonyl (C=O) groups is 2. The fraction of sp³-hybridized carbons (Fsp3) is 0.222. The lowest BCUT2D eigenvalue weighted by Gasteiger charge is -2.10. The lowest BCUT2D eigenvalue weighted by atomic mass is 10.1. The Kier molecular flexibility index (Phi) is 5.31. The van der Waals surface area contributed by atoms with E-state index in [4.69, 9.17) is 0 Å². The molecule has 2 aromatic carbocycles. The fourth-order valence-corrected chi connectivity index (χ4v) is 2.02. The van der Waals surface area contributed by atoms with Gasteiger partial charge in [-0.3, -0.25) is 9.59 Å². The predicted octanol–water partition coefficient (Wildman–Crippen LogP) is 2.96. The average Bonchev–Trinajstić information content (AvgIpc) is 2.54. The van der Waals surface area contributed by atoms with Crippen molar-refractivity contribution in [2.45, 2.75) is 12.8 Å². The summed E-state index contributed by atoms with van der Waals surface area (Å²) >= 11 is 0. The molecule has 4 nitrogen and oxygen atoms in total. The van der Waals surface area contributed by atoms with Gasteiger partial charge in [-0.1, -0.05) is 30.3 Å². The van der Waals surface area contributed by atoms with Gasteiger partial charge in [0.2, 0.25) is 5.91 Å². The van der Waals surface area contributed by atoms with E-state index in [0.717, 1.165) is 11.3 Å². The summed E-state index contributed by atoms with van der Waals surface area (Å²) < 4.78 is 0. The summed E-state index contributed by atoms with van der Waals surface area (Å²) in [7, 11) is 3.51. The molecule has 114 valence electrons. The molecular formula is C18H20N2O2. The Morgan fingerprint density at radius 2 is 1.59 bits per heavy atom. The van der Waals surface area contributed by atoms with Crippen LogP contribution < -0.4 is 5.32 Å². The van der Waals surface area contributed by atoms with E-state index in [1.165, 1.54) is 0 Å². The molecule has 0 bridgehead atoms. The highest BCUT2D eigenvalue weighted by Crippen LogP contribution is 2.13. The molecule has 0 aliphatic heterocycles. The lowest BCUT2D eigenvalue weighted by molar-refractivity contribution is -0.128. The van der Waals surface area contributed by atoms with Crippen molar-refractivity contribution in [3.05, 3.63) is 65.7 Å². The highest BCUT2D eigenvalue weighted by atomic mass is 16.2. The Morgan fingerprint density at radius 3 is 2.18 bits per heavy atom. The molecule has 2 rings (SSSR count). The van der Waals surface area contributed by atoms with Gasteiger partial charge in [0.15, 0.2) is 0 Å². The highest BCUT2D eigenvalue weighted by Gasteiger charge is 2.06. The molecule has 0 aliphatic rings. The summed E-state index contributed by atoms with van der Waals surface area (Å²) in [5.74, 6) is -0.0161. The topological polar surface area (TPSA) is 49.4 Å². The number of amides is 2. The summed E-state index contributed by atoms with van der Waals surface area (Å²) in [5, 5.41) is 2.85. The van der Waals surface area contributed by atoms with Crippen LogP contribution in [-0.4, -0.2) is 30.8 Å². The van der Waals surface area contributed by atoms with Crippen LogP contribution in [0.15, 0.2) is 54.6 Å². The minimum Gasteiger partial charge on any atom is -0.349 e. The van der Waals surface area contributed by atoms with Gasteiger partial charge in [0.05, 0.1) is 0 Å². The molecule has 0 aromatic heterocycles. The van der Waals surface area contributed by atoms with Crippen molar-refractivity contribution in [1.82, 2.24) is 4.90 Å². The molecule has 0 saturated carbocycles. The van der Waals surface area contributed by atoms with Crippen molar-refractivity contribution in [2.75, 3.05) is 19.4 Å². The second kappa shape index (κ2) is 7.41. The van der Waals surface area contributed by atoms with Gasteiger partial charge in [0.25, 0.3) is 5.91 Å². The second-order valence-electron chi connectivity index (χ2n) is 5.31. The molecular weight excluding hydrogens is 276 g/mol. The Balaban J connectivity index is 1.92. The number of hydrogen-bond acceptors (Lipinski definition) is 2.